The molecule has 0 radical (unpaired) electrons. The molecule has 0 aliphatic rings. The Morgan fingerprint density at radius 1 is 1.38 bits per heavy atom. The number of hydrogen-bond donors (Lipinski definition) is 2. The van der Waals surface area contributed by atoms with E-state index in [0.29, 0.717) is 15.4 Å². The number of aromatic amines is 1. The van der Waals surface area contributed by atoms with Crippen LogP contribution in [0.5, 0.6) is 0 Å². The predicted molar refractivity (Wildman–Crippen MR) is 99.5 cm³/mol. The van der Waals surface area contributed by atoms with E-state index in [1.807, 2.05) is 39.0 Å². The van der Waals surface area contributed by atoms with Crippen LogP contribution in [-0.4, -0.2) is 10.2 Å². The quantitative estimate of drug-likeness (QED) is 0.649. The SMILES string of the molecule is [C-]#[N+]c1sc(C(C)Nc2ccc3c(C)n[nH]c(=O)c3c2)c(Cl)c1C. The van der Waals surface area contributed by atoms with Gasteiger partial charge >= 0.3 is 0 Å². The van der Waals surface area contributed by atoms with Crippen molar-refractivity contribution in [1.29, 1.82) is 0 Å². The molecule has 0 aliphatic heterocycles. The first kappa shape index (κ1) is 16.5. The molecular formula is C17H15ClN4OS. The molecule has 2 aromatic heterocycles. The van der Waals surface area contributed by atoms with Gasteiger partial charge in [-0.2, -0.15) is 16.4 Å². The van der Waals surface area contributed by atoms with Gasteiger partial charge in [-0.25, -0.2) is 9.94 Å². The van der Waals surface area contributed by atoms with Gasteiger partial charge in [-0.05, 0) is 38.5 Å². The van der Waals surface area contributed by atoms with Crippen LogP contribution in [0.15, 0.2) is 23.0 Å². The molecule has 0 bridgehead atoms. The summed E-state index contributed by atoms with van der Waals surface area (Å²) < 4.78 is 0. The van der Waals surface area contributed by atoms with Crippen molar-refractivity contribution in [3.8, 4) is 0 Å². The van der Waals surface area contributed by atoms with Gasteiger partial charge in [0.2, 0.25) is 5.00 Å². The molecule has 1 aromatic carbocycles. The van der Waals surface area contributed by atoms with Crippen molar-refractivity contribution in [2.75, 3.05) is 5.32 Å². The number of halogens is 1. The second-order valence-corrected chi connectivity index (χ2v) is 7.00. The molecule has 5 nitrogen and oxygen atoms in total. The Hall–Kier alpha value is -2.36. The third-order valence-corrected chi connectivity index (χ3v) is 5.90. The summed E-state index contributed by atoms with van der Waals surface area (Å²) >= 11 is 7.75. The highest BCUT2D eigenvalue weighted by atomic mass is 35.5. The molecule has 1 unspecified atom stereocenters. The fourth-order valence-corrected chi connectivity index (χ4v) is 4.01. The summed E-state index contributed by atoms with van der Waals surface area (Å²) in [5.74, 6) is 0. The molecule has 0 amide bonds. The average molecular weight is 359 g/mol. The molecule has 24 heavy (non-hydrogen) atoms. The lowest BCUT2D eigenvalue weighted by Gasteiger charge is -2.15. The summed E-state index contributed by atoms with van der Waals surface area (Å²) in [5, 5.41) is 12.5. The molecule has 0 saturated carbocycles. The highest BCUT2D eigenvalue weighted by Crippen LogP contribution is 2.42. The molecule has 2 N–H and O–H groups in total. The Labute approximate surface area is 148 Å². The van der Waals surface area contributed by atoms with Gasteiger partial charge in [0.15, 0.2) is 0 Å². The molecule has 3 rings (SSSR count). The molecule has 122 valence electrons. The lowest BCUT2D eigenvalue weighted by Crippen LogP contribution is -2.11. The topological polar surface area (TPSA) is 62.1 Å². The second kappa shape index (κ2) is 6.27. The number of fused-ring (bicyclic) bond motifs is 1. The normalized spacial score (nSPS) is 12.1. The molecule has 1 atom stereocenters. The molecule has 0 aliphatic carbocycles. The molecule has 3 aromatic rings. The van der Waals surface area contributed by atoms with Crippen molar-refractivity contribution in [3.05, 3.63) is 61.1 Å². The number of benzene rings is 1. The smallest absolute Gasteiger partial charge is 0.272 e. The number of nitrogens with zero attached hydrogens (tertiary/aromatic N) is 2. The first-order valence-electron chi connectivity index (χ1n) is 7.34. The highest BCUT2D eigenvalue weighted by molar-refractivity contribution is 7.17. The van der Waals surface area contributed by atoms with E-state index in [0.717, 1.165) is 27.2 Å². The first-order valence-corrected chi connectivity index (χ1v) is 8.53. The van der Waals surface area contributed by atoms with Crippen molar-refractivity contribution in [3.63, 3.8) is 0 Å². The number of nitrogens with one attached hydrogen (secondary N) is 2. The van der Waals surface area contributed by atoms with Gasteiger partial charge in [-0.3, -0.25) is 4.79 Å². The monoisotopic (exact) mass is 358 g/mol. The third-order valence-electron chi connectivity index (χ3n) is 3.93. The lowest BCUT2D eigenvalue weighted by molar-refractivity contribution is 0.907. The summed E-state index contributed by atoms with van der Waals surface area (Å²) in [5.41, 5.74) is 2.20. The fourth-order valence-electron chi connectivity index (χ4n) is 2.60. The number of aryl methyl sites for hydroxylation is 1. The maximum absolute atomic E-state index is 12.0. The molecule has 0 spiro atoms. The number of hydrogen-bond acceptors (Lipinski definition) is 4. The van der Waals surface area contributed by atoms with Gasteiger partial charge in [-0.15, -0.1) is 0 Å². The van der Waals surface area contributed by atoms with Crippen LogP contribution in [0.25, 0.3) is 15.6 Å². The summed E-state index contributed by atoms with van der Waals surface area (Å²) in [4.78, 5) is 16.4. The number of anilines is 1. The number of thiophene rings is 1. The van der Waals surface area contributed by atoms with Crippen molar-refractivity contribution in [2.45, 2.75) is 26.8 Å². The standard InChI is InChI=1S/C17H15ClN4OS/c1-8-14(18)15(24-17(8)19-4)10(3)20-11-5-6-12-9(2)21-22-16(23)13(12)7-11/h5-7,10,20H,1-3H3,(H,22,23). The summed E-state index contributed by atoms with van der Waals surface area (Å²) in [7, 11) is 0. The number of aromatic nitrogens is 2. The van der Waals surface area contributed by atoms with Gasteiger partial charge in [0.05, 0.1) is 23.7 Å². The number of H-pyrrole nitrogens is 1. The van der Waals surface area contributed by atoms with Crippen LogP contribution < -0.4 is 10.9 Å². The van der Waals surface area contributed by atoms with Gasteiger partial charge < -0.3 is 5.32 Å². The van der Waals surface area contributed by atoms with E-state index in [4.69, 9.17) is 18.2 Å². The summed E-state index contributed by atoms with van der Waals surface area (Å²) in [6.45, 7) is 12.9. The minimum atomic E-state index is -0.216. The zero-order valence-electron chi connectivity index (χ0n) is 13.4. The maximum atomic E-state index is 12.0. The van der Waals surface area contributed by atoms with Crippen LogP contribution in [0.2, 0.25) is 5.02 Å². The zero-order valence-corrected chi connectivity index (χ0v) is 15.0. The van der Waals surface area contributed by atoms with Gasteiger partial charge in [0, 0.05) is 21.0 Å². The largest absolute Gasteiger partial charge is 0.378 e. The molecular weight excluding hydrogens is 344 g/mol. The Bertz CT molecular complexity index is 1030. The van der Waals surface area contributed by atoms with Crippen molar-refractivity contribution >= 4 is 44.4 Å². The van der Waals surface area contributed by atoms with Crippen molar-refractivity contribution in [1.82, 2.24) is 10.2 Å². The lowest BCUT2D eigenvalue weighted by atomic mass is 10.1. The minimum Gasteiger partial charge on any atom is -0.378 e. The van der Waals surface area contributed by atoms with Crippen LogP contribution in [0.3, 0.4) is 0 Å². The zero-order chi connectivity index (χ0) is 17.4. The van der Waals surface area contributed by atoms with Gasteiger partial charge in [-0.1, -0.05) is 17.7 Å². The Kier molecular flexibility index (Phi) is 4.31. The van der Waals surface area contributed by atoms with E-state index >= 15 is 0 Å². The fraction of sp³-hybridized carbons (Fsp3) is 0.235. The van der Waals surface area contributed by atoms with Gasteiger partial charge in [0.25, 0.3) is 5.56 Å². The highest BCUT2D eigenvalue weighted by Gasteiger charge is 2.18. The van der Waals surface area contributed by atoms with E-state index < -0.39 is 0 Å². The predicted octanol–water partition coefficient (Wildman–Crippen LogP) is 4.98. The average Bonchev–Trinajstić information content (AvgIpc) is 2.86. The van der Waals surface area contributed by atoms with Crippen molar-refractivity contribution in [2.24, 2.45) is 0 Å². The molecule has 0 saturated heterocycles. The third kappa shape index (κ3) is 2.77. The van der Waals surface area contributed by atoms with Gasteiger partial charge in [0.1, 0.15) is 0 Å². The Morgan fingerprint density at radius 3 is 2.79 bits per heavy atom. The maximum Gasteiger partial charge on any atom is 0.272 e. The van der Waals surface area contributed by atoms with Crippen molar-refractivity contribution < 1.29 is 0 Å². The van der Waals surface area contributed by atoms with Crippen LogP contribution in [0.4, 0.5) is 10.7 Å². The van der Waals surface area contributed by atoms with E-state index in [-0.39, 0.29) is 11.6 Å². The van der Waals surface area contributed by atoms with E-state index in [1.54, 1.807) is 0 Å². The van der Waals surface area contributed by atoms with Crippen LogP contribution in [0.1, 0.15) is 29.1 Å². The minimum absolute atomic E-state index is 0.0730. The molecule has 2 heterocycles. The summed E-state index contributed by atoms with van der Waals surface area (Å²) in [6, 6.07) is 5.53. The van der Waals surface area contributed by atoms with E-state index in [2.05, 4.69) is 20.4 Å². The Morgan fingerprint density at radius 2 is 2.12 bits per heavy atom. The second-order valence-electron chi connectivity index (χ2n) is 5.59. The first-order chi connectivity index (χ1) is 11.4. The molecule has 0 fully saturated rings. The van der Waals surface area contributed by atoms with Crippen LogP contribution in [0, 0.1) is 20.4 Å². The Balaban J connectivity index is 1.97. The van der Waals surface area contributed by atoms with Crippen LogP contribution in [-0.2, 0) is 0 Å². The molecule has 7 heteroatoms. The summed E-state index contributed by atoms with van der Waals surface area (Å²) in [6.07, 6.45) is 0. The number of rotatable bonds is 3. The van der Waals surface area contributed by atoms with E-state index in [1.165, 1.54) is 11.3 Å². The van der Waals surface area contributed by atoms with Crippen LogP contribution >= 0.6 is 22.9 Å². The van der Waals surface area contributed by atoms with E-state index in [9.17, 15) is 4.79 Å².